The Morgan fingerprint density at radius 2 is 1.67 bits per heavy atom. The van der Waals surface area contributed by atoms with E-state index in [0.29, 0.717) is 5.69 Å². The topological polar surface area (TPSA) is 41.8 Å². The summed E-state index contributed by atoms with van der Waals surface area (Å²) >= 11 is 1.72. The van der Waals surface area contributed by atoms with Crippen LogP contribution in [0, 0.1) is 11.8 Å². The van der Waals surface area contributed by atoms with E-state index >= 15 is 0 Å². The zero-order chi connectivity index (χ0) is 18.5. The zero-order valence-electron chi connectivity index (χ0n) is 15.3. The van der Waals surface area contributed by atoms with Crippen LogP contribution < -0.4 is 9.80 Å². The number of nitrogens with one attached hydrogen (secondary N) is 1. The molecule has 2 amide bonds. The van der Waals surface area contributed by atoms with E-state index in [0.717, 1.165) is 19.4 Å². The van der Waals surface area contributed by atoms with Gasteiger partial charge in [0.2, 0.25) is 11.8 Å². The van der Waals surface area contributed by atoms with Crippen LogP contribution in [0.15, 0.2) is 59.5 Å². The van der Waals surface area contributed by atoms with Gasteiger partial charge in [-0.3, -0.25) is 9.59 Å². The Balaban J connectivity index is 1.57. The quantitative estimate of drug-likeness (QED) is 0.657. The van der Waals surface area contributed by atoms with Crippen molar-refractivity contribution in [1.29, 1.82) is 0 Å². The van der Waals surface area contributed by atoms with Crippen LogP contribution in [0.25, 0.3) is 0 Å². The van der Waals surface area contributed by atoms with E-state index in [-0.39, 0.29) is 35.7 Å². The summed E-state index contributed by atoms with van der Waals surface area (Å²) in [5.74, 6) is -0.431. The molecule has 4 nitrogen and oxygen atoms in total. The van der Waals surface area contributed by atoms with E-state index in [1.807, 2.05) is 30.3 Å². The number of quaternary nitrogens is 1. The van der Waals surface area contributed by atoms with Crippen molar-refractivity contribution < 1.29 is 14.5 Å². The Bertz CT molecular complexity index is 883. The molecule has 0 spiro atoms. The molecule has 3 aliphatic rings. The molecular weight excluding hydrogens is 356 g/mol. The number of carbonyl (C=O) groups is 2. The lowest BCUT2D eigenvalue weighted by molar-refractivity contribution is -0.931. The molecule has 0 bridgehead atoms. The number of hydrogen-bond donors (Lipinski definition) is 1. The maximum absolute atomic E-state index is 13.4. The predicted molar refractivity (Wildman–Crippen MR) is 106 cm³/mol. The van der Waals surface area contributed by atoms with Gasteiger partial charge in [-0.2, -0.15) is 0 Å². The molecule has 3 fully saturated rings. The van der Waals surface area contributed by atoms with E-state index in [9.17, 15) is 9.59 Å². The maximum Gasteiger partial charge on any atom is 0.244 e. The highest BCUT2D eigenvalue weighted by molar-refractivity contribution is 7.98. The first-order valence-corrected chi connectivity index (χ1v) is 10.9. The molecule has 3 saturated heterocycles. The van der Waals surface area contributed by atoms with Crippen LogP contribution in [0.1, 0.15) is 24.4 Å². The minimum Gasteiger partial charge on any atom is -0.325 e. The monoisotopic (exact) mass is 379 g/mol. The molecule has 2 aromatic rings. The highest BCUT2D eigenvalue weighted by Crippen LogP contribution is 2.44. The molecule has 0 aromatic heterocycles. The molecule has 3 heterocycles. The minimum atomic E-state index is -0.238. The van der Waals surface area contributed by atoms with Crippen molar-refractivity contribution in [1.82, 2.24) is 0 Å². The summed E-state index contributed by atoms with van der Waals surface area (Å²) < 4.78 is 0. The van der Waals surface area contributed by atoms with E-state index in [1.165, 1.54) is 20.3 Å². The van der Waals surface area contributed by atoms with Gasteiger partial charge in [-0.25, -0.2) is 4.90 Å². The van der Waals surface area contributed by atoms with Gasteiger partial charge in [-0.05, 0) is 30.5 Å². The van der Waals surface area contributed by atoms with Crippen molar-refractivity contribution in [2.24, 2.45) is 11.8 Å². The van der Waals surface area contributed by atoms with Crippen LogP contribution in [-0.2, 0) is 9.59 Å². The Labute approximate surface area is 163 Å². The summed E-state index contributed by atoms with van der Waals surface area (Å²) in [4.78, 5) is 30.8. The van der Waals surface area contributed by atoms with Crippen LogP contribution in [0.3, 0.4) is 0 Å². The number of thioether (sulfide) groups is 1. The third-order valence-corrected chi connectivity index (χ3v) is 7.28. The second-order valence-electron chi connectivity index (χ2n) is 7.72. The normalized spacial score (nSPS) is 32.0. The number of hydrogen-bond acceptors (Lipinski definition) is 3. The fourth-order valence-corrected chi connectivity index (χ4v) is 5.88. The van der Waals surface area contributed by atoms with Gasteiger partial charge in [0, 0.05) is 23.3 Å². The van der Waals surface area contributed by atoms with Crippen molar-refractivity contribution in [3.05, 3.63) is 60.2 Å². The van der Waals surface area contributed by atoms with Gasteiger partial charge in [-0.15, -0.1) is 11.8 Å². The van der Waals surface area contributed by atoms with Gasteiger partial charge in [0.1, 0.15) is 23.9 Å². The molecule has 0 saturated carbocycles. The molecule has 1 unspecified atom stereocenters. The van der Waals surface area contributed by atoms with Crippen LogP contribution in [-0.4, -0.2) is 30.7 Å². The molecule has 5 heteroatoms. The van der Waals surface area contributed by atoms with Gasteiger partial charge in [0.25, 0.3) is 0 Å². The molecule has 138 valence electrons. The molecular formula is C22H23N2O2S+. The van der Waals surface area contributed by atoms with E-state index in [1.54, 1.807) is 11.8 Å². The fourth-order valence-electron chi connectivity index (χ4n) is 5.47. The summed E-state index contributed by atoms with van der Waals surface area (Å²) in [6.07, 6.45) is 4.24. The van der Waals surface area contributed by atoms with Crippen LogP contribution in [0.4, 0.5) is 5.69 Å². The third-order valence-electron chi connectivity index (χ3n) is 6.54. The lowest BCUT2D eigenvalue weighted by atomic mass is 9.85. The molecule has 2 aromatic carbocycles. The zero-order valence-corrected chi connectivity index (χ0v) is 16.1. The number of anilines is 1. The first kappa shape index (κ1) is 17.0. The van der Waals surface area contributed by atoms with Crippen molar-refractivity contribution in [3.8, 4) is 0 Å². The second-order valence-corrected chi connectivity index (χ2v) is 8.60. The minimum absolute atomic E-state index is 0.00355. The number of benzene rings is 2. The average molecular weight is 380 g/mol. The van der Waals surface area contributed by atoms with Crippen LogP contribution in [0.2, 0.25) is 0 Å². The standard InChI is InChI=1S/C22H22N2O2S/c1-27-16-11-9-14(10-12-16)20-19-18(17-8-5-13-23(17)20)21(25)24(22(19)26)15-6-3-2-4-7-15/h2-4,6-7,9-12,17-20H,5,8,13H2,1H3/p+1/t17-,18-,19+,20+/m1/s1. The molecule has 1 N–H and O–H groups in total. The summed E-state index contributed by atoms with van der Waals surface area (Å²) in [6, 6.07) is 18.3. The summed E-state index contributed by atoms with van der Waals surface area (Å²) in [5.41, 5.74) is 1.90. The van der Waals surface area contributed by atoms with Crippen LogP contribution in [0.5, 0.6) is 0 Å². The summed E-state index contributed by atoms with van der Waals surface area (Å²) in [6.45, 7) is 1.05. The number of para-hydroxylation sites is 1. The number of imide groups is 1. The van der Waals surface area contributed by atoms with Gasteiger partial charge in [-0.1, -0.05) is 30.3 Å². The van der Waals surface area contributed by atoms with E-state index in [4.69, 9.17) is 0 Å². The average Bonchev–Trinajstić information content (AvgIpc) is 3.35. The lowest BCUT2D eigenvalue weighted by Gasteiger charge is -2.26. The number of fused-ring (bicyclic) bond motifs is 3. The lowest BCUT2D eigenvalue weighted by Crippen LogP contribution is -3.12. The van der Waals surface area contributed by atoms with Crippen molar-refractivity contribution in [3.63, 3.8) is 0 Å². The largest absolute Gasteiger partial charge is 0.325 e. The van der Waals surface area contributed by atoms with Gasteiger partial charge < -0.3 is 4.90 Å². The first-order chi connectivity index (χ1) is 13.2. The number of carbonyl (C=O) groups excluding carboxylic acids is 2. The molecule has 3 aliphatic heterocycles. The van der Waals surface area contributed by atoms with Crippen molar-refractivity contribution in [2.45, 2.75) is 29.8 Å². The van der Waals surface area contributed by atoms with Gasteiger partial charge >= 0.3 is 0 Å². The van der Waals surface area contributed by atoms with Crippen molar-refractivity contribution in [2.75, 3.05) is 17.7 Å². The van der Waals surface area contributed by atoms with Crippen LogP contribution >= 0.6 is 11.8 Å². The Morgan fingerprint density at radius 3 is 2.37 bits per heavy atom. The molecule has 0 radical (unpaired) electrons. The van der Waals surface area contributed by atoms with Gasteiger partial charge in [0.05, 0.1) is 12.2 Å². The molecule has 27 heavy (non-hydrogen) atoms. The van der Waals surface area contributed by atoms with E-state index in [2.05, 4.69) is 30.5 Å². The Morgan fingerprint density at radius 1 is 0.963 bits per heavy atom. The third kappa shape index (κ3) is 2.48. The molecule has 5 rings (SSSR count). The Hall–Kier alpha value is -2.11. The Kier molecular flexibility index (Phi) is 4.10. The summed E-state index contributed by atoms with van der Waals surface area (Å²) in [5, 5.41) is 0. The predicted octanol–water partition coefficient (Wildman–Crippen LogP) is 2.32. The first-order valence-electron chi connectivity index (χ1n) is 9.63. The molecule has 0 aliphatic carbocycles. The SMILES string of the molecule is CSc1ccc([C@H]2[C@H]3C(=O)N(c4ccccc4)C(=O)[C@@H]3[C@H]3CCC[NH+]32)cc1. The second kappa shape index (κ2) is 6.50. The fraction of sp³-hybridized carbons (Fsp3) is 0.364. The highest BCUT2D eigenvalue weighted by atomic mass is 32.2. The maximum atomic E-state index is 13.4. The summed E-state index contributed by atoms with van der Waals surface area (Å²) in [7, 11) is 0. The van der Waals surface area contributed by atoms with Crippen molar-refractivity contribution >= 4 is 29.3 Å². The number of amides is 2. The number of rotatable bonds is 3. The number of nitrogens with zero attached hydrogens (tertiary/aromatic N) is 1. The van der Waals surface area contributed by atoms with Gasteiger partial charge in [0.15, 0.2) is 0 Å². The smallest absolute Gasteiger partial charge is 0.244 e. The highest BCUT2D eigenvalue weighted by Gasteiger charge is 2.66. The van der Waals surface area contributed by atoms with E-state index < -0.39 is 0 Å². The molecule has 5 atom stereocenters.